The molecule has 0 bridgehead atoms. The van der Waals surface area contributed by atoms with Crippen molar-refractivity contribution in [3.63, 3.8) is 0 Å². The van der Waals surface area contributed by atoms with E-state index in [0.717, 1.165) is 48.8 Å². The van der Waals surface area contributed by atoms with Crippen LogP contribution in [-0.2, 0) is 22.4 Å². The van der Waals surface area contributed by atoms with E-state index in [1.165, 1.54) is 5.56 Å². The number of likely N-dealkylation sites (tertiary alicyclic amines) is 1. The van der Waals surface area contributed by atoms with E-state index in [9.17, 15) is 9.59 Å². The van der Waals surface area contributed by atoms with Gasteiger partial charge in [-0.15, -0.1) is 0 Å². The molecule has 1 aliphatic rings. The van der Waals surface area contributed by atoms with Crippen LogP contribution in [0.2, 0.25) is 0 Å². The molecule has 3 aromatic rings. The fourth-order valence-electron chi connectivity index (χ4n) is 4.13. The van der Waals surface area contributed by atoms with Crippen molar-refractivity contribution in [1.82, 2.24) is 15.2 Å². The number of amides is 2. The number of carbonyl (C=O) groups excluding carboxylic acids is 2. The summed E-state index contributed by atoms with van der Waals surface area (Å²) in [5.41, 5.74) is 3.33. The number of aromatic nitrogens is 1. The van der Waals surface area contributed by atoms with E-state index >= 15 is 0 Å². The first-order chi connectivity index (χ1) is 14.2. The molecule has 2 heterocycles. The molecule has 150 valence electrons. The van der Waals surface area contributed by atoms with Gasteiger partial charge in [-0.2, -0.15) is 0 Å². The highest BCUT2D eigenvalue weighted by Gasteiger charge is 2.23. The Labute approximate surface area is 171 Å². The second kappa shape index (κ2) is 8.95. The third-order valence-corrected chi connectivity index (χ3v) is 5.80. The average Bonchev–Trinajstić information content (AvgIpc) is 3.16. The summed E-state index contributed by atoms with van der Waals surface area (Å²) in [5.74, 6) is 0.510. The van der Waals surface area contributed by atoms with Crippen molar-refractivity contribution in [3.05, 3.63) is 71.9 Å². The number of piperidine rings is 1. The maximum Gasteiger partial charge on any atom is 0.241 e. The molecule has 5 nitrogen and oxygen atoms in total. The van der Waals surface area contributed by atoms with E-state index in [1.54, 1.807) is 0 Å². The molecule has 0 radical (unpaired) electrons. The molecule has 0 saturated carbocycles. The molecule has 2 aromatic carbocycles. The normalized spacial score (nSPS) is 14.8. The number of aromatic amines is 1. The third kappa shape index (κ3) is 4.86. The van der Waals surface area contributed by atoms with Crippen LogP contribution in [-0.4, -0.2) is 41.3 Å². The first kappa shape index (κ1) is 19.2. The van der Waals surface area contributed by atoms with Crippen LogP contribution in [0, 0.1) is 5.92 Å². The van der Waals surface area contributed by atoms with Crippen molar-refractivity contribution in [2.24, 2.45) is 5.92 Å². The molecule has 2 N–H and O–H groups in total. The molecule has 29 heavy (non-hydrogen) atoms. The zero-order valence-corrected chi connectivity index (χ0v) is 16.6. The Balaban J connectivity index is 1.21. The number of hydrogen-bond acceptors (Lipinski definition) is 2. The molecule has 0 unspecified atom stereocenters. The number of fused-ring (bicyclic) bond motifs is 1. The van der Waals surface area contributed by atoms with Crippen LogP contribution in [0.25, 0.3) is 10.9 Å². The number of nitrogens with one attached hydrogen (secondary N) is 2. The van der Waals surface area contributed by atoms with Crippen molar-refractivity contribution in [3.8, 4) is 0 Å². The van der Waals surface area contributed by atoms with Gasteiger partial charge in [-0.05, 0) is 42.4 Å². The largest absolute Gasteiger partial charge is 0.361 e. The predicted octanol–water partition coefficient (Wildman–Crippen LogP) is 3.31. The molecule has 1 saturated heterocycles. The van der Waals surface area contributed by atoms with Crippen LogP contribution in [0.5, 0.6) is 0 Å². The first-order valence-corrected chi connectivity index (χ1v) is 10.3. The lowest BCUT2D eigenvalue weighted by Crippen LogP contribution is -2.44. The van der Waals surface area contributed by atoms with Crippen LogP contribution in [0.15, 0.2) is 60.8 Å². The monoisotopic (exact) mass is 389 g/mol. The Bertz CT molecular complexity index is 972. The van der Waals surface area contributed by atoms with Gasteiger partial charge in [0, 0.05) is 30.2 Å². The minimum atomic E-state index is -0.123. The van der Waals surface area contributed by atoms with Gasteiger partial charge in [-0.25, -0.2) is 0 Å². The molecular weight excluding hydrogens is 362 g/mol. The van der Waals surface area contributed by atoms with E-state index in [4.69, 9.17) is 0 Å². The van der Waals surface area contributed by atoms with Gasteiger partial charge in [0.15, 0.2) is 0 Å². The van der Waals surface area contributed by atoms with Gasteiger partial charge >= 0.3 is 0 Å². The molecular formula is C24H27N3O2. The summed E-state index contributed by atoms with van der Waals surface area (Å²) >= 11 is 0. The summed E-state index contributed by atoms with van der Waals surface area (Å²) in [6, 6.07) is 18.4. The smallest absolute Gasteiger partial charge is 0.241 e. The van der Waals surface area contributed by atoms with Crippen LogP contribution >= 0.6 is 0 Å². The molecule has 0 atom stereocenters. The molecule has 5 heteroatoms. The summed E-state index contributed by atoms with van der Waals surface area (Å²) < 4.78 is 0. The van der Waals surface area contributed by atoms with Crippen molar-refractivity contribution >= 4 is 22.7 Å². The lowest BCUT2D eigenvalue weighted by atomic mass is 9.90. The highest BCUT2D eigenvalue weighted by Crippen LogP contribution is 2.22. The molecule has 0 spiro atoms. The van der Waals surface area contributed by atoms with Gasteiger partial charge in [0.05, 0.1) is 13.0 Å². The predicted molar refractivity (Wildman–Crippen MR) is 114 cm³/mol. The lowest BCUT2D eigenvalue weighted by molar-refractivity contribution is -0.133. The molecule has 1 aliphatic heterocycles. The number of rotatable bonds is 6. The summed E-state index contributed by atoms with van der Waals surface area (Å²) in [6.45, 7) is 1.62. The molecule has 4 rings (SSSR count). The minimum absolute atomic E-state index is 0.00966. The number of benzene rings is 2. The number of hydrogen-bond donors (Lipinski definition) is 2. The number of H-pyrrole nitrogens is 1. The number of para-hydroxylation sites is 1. The van der Waals surface area contributed by atoms with E-state index in [0.29, 0.717) is 5.92 Å². The fraction of sp³-hybridized carbons (Fsp3) is 0.333. The van der Waals surface area contributed by atoms with Gasteiger partial charge in [0.1, 0.15) is 0 Å². The van der Waals surface area contributed by atoms with Gasteiger partial charge in [-0.3, -0.25) is 9.59 Å². The van der Waals surface area contributed by atoms with Gasteiger partial charge in [0.25, 0.3) is 0 Å². The Morgan fingerprint density at radius 2 is 1.72 bits per heavy atom. The lowest BCUT2D eigenvalue weighted by Gasteiger charge is -2.32. The fourth-order valence-corrected chi connectivity index (χ4v) is 4.13. The summed E-state index contributed by atoms with van der Waals surface area (Å²) in [7, 11) is 0. The van der Waals surface area contributed by atoms with Gasteiger partial charge in [0.2, 0.25) is 11.8 Å². The summed E-state index contributed by atoms with van der Waals surface area (Å²) in [6.07, 6.45) is 5.25. The van der Waals surface area contributed by atoms with E-state index < -0.39 is 0 Å². The van der Waals surface area contributed by atoms with Crippen LogP contribution in [0.3, 0.4) is 0 Å². The Morgan fingerprint density at radius 3 is 2.52 bits per heavy atom. The van der Waals surface area contributed by atoms with E-state index in [2.05, 4.69) is 34.6 Å². The minimum Gasteiger partial charge on any atom is -0.361 e. The second-order valence-corrected chi connectivity index (χ2v) is 7.83. The zero-order chi connectivity index (χ0) is 20.1. The Kier molecular flexibility index (Phi) is 5.94. The SMILES string of the molecule is O=C(Cc1c[nH]c2ccccc12)NCC(=O)N1CCC(Cc2ccccc2)CC1. The first-order valence-electron chi connectivity index (χ1n) is 10.3. The summed E-state index contributed by atoms with van der Waals surface area (Å²) in [5, 5.41) is 3.84. The maximum absolute atomic E-state index is 12.5. The van der Waals surface area contributed by atoms with Crippen molar-refractivity contribution < 1.29 is 9.59 Å². The molecule has 1 fully saturated rings. The van der Waals surface area contributed by atoms with E-state index in [-0.39, 0.29) is 24.8 Å². The third-order valence-electron chi connectivity index (χ3n) is 5.80. The zero-order valence-electron chi connectivity index (χ0n) is 16.6. The average molecular weight is 389 g/mol. The van der Waals surface area contributed by atoms with Crippen LogP contribution in [0.4, 0.5) is 0 Å². The number of carbonyl (C=O) groups is 2. The standard InChI is InChI=1S/C24H27N3O2/c28-23(15-20-16-25-22-9-5-4-8-21(20)22)26-17-24(29)27-12-10-19(11-13-27)14-18-6-2-1-3-7-18/h1-9,16,19,25H,10-15,17H2,(H,26,28). The number of nitrogens with zero attached hydrogens (tertiary/aromatic N) is 1. The summed E-state index contributed by atoms with van der Waals surface area (Å²) in [4.78, 5) is 29.8. The Morgan fingerprint density at radius 1 is 1.00 bits per heavy atom. The maximum atomic E-state index is 12.5. The van der Waals surface area contributed by atoms with Crippen molar-refractivity contribution in [2.75, 3.05) is 19.6 Å². The van der Waals surface area contributed by atoms with Gasteiger partial charge in [-0.1, -0.05) is 48.5 Å². The van der Waals surface area contributed by atoms with Crippen molar-refractivity contribution in [1.29, 1.82) is 0 Å². The van der Waals surface area contributed by atoms with Crippen LogP contribution in [0.1, 0.15) is 24.0 Å². The van der Waals surface area contributed by atoms with Crippen molar-refractivity contribution in [2.45, 2.75) is 25.7 Å². The second-order valence-electron chi connectivity index (χ2n) is 7.83. The Hall–Kier alpha value is -3.08. The highest BCUT2D eigenvalue weighted by molar-refractivity contribution is 5.90. The molecule has 0 aliphatic carbocycles. The quantitative estimate of drug-likeness (QED) is 0.679. The highest BCUT2D eigenvalue weighted by atomic mass is 16.2. The van der Waals surface area contributed by atoms with Crippen LogP contribution < -0.4 is 5.32 Å². The topological polar surface area (TPSA) is 65.2 Å². The molecule has 1 aromatic heterocycles. The van der Waals surface area contributed by atoms with E-state index in [1.807, 2.05) is 41.4 Å². The van der Waals surface area contributed by atoms with Gasteiger partial charge < -0.3 is 15.2 Å². The molecule has 2 amide bonds.